The van der Waals surface area contributed by atoms with Gasteiger partial charge >= 0.3 is 0 Å². The highest BCUT2D eigenvalue weighted by molar-refractivity contribution is 6.31. The number of hydrogen-bond donors (Lipinski definition) is 1. The van der Waals surface area contributed by atoms with Gasteiger partial charge in [-0.3, -0.25) is 14.4 Å². The third kappa shape index (κ3) is 4.18. The number of benzene rings is 1. The minimum Gasteiger partial charge on any atom is -0.338 e. The number of halogens is 1. The summed E-state index contributed by atoms with van der Waals surface area (Å²) in [7, 11) is 0. The molecule has 1 N–H and O–H groups in total. The molecule has 2 aromatic heterocycles. The Hall–Kier alpha value is -3.19. The molecule has 3 aromatic rings. The zero-order chi connectivity index (χ0) is 22.1. The van der Waals surface area contributed by atoms with Gasteiger partial charge in [-0.25, -0.2) is 4.98 Å². The number of pyridine rings is 2. The van der Waals surface area contributed by atoms with Crippen LogP contribution >= 0.6 is 11.6 Å². The molecule has 2 amide bonds. The Labute approximate surface area is 184 Å². The van der Waals surface area contributed by atoms with Crippen LogP contribution in [-0.2, 0) is 11.3 Å². The number of likely N-dealkylation sites (tertiary alicyclic amines) is 1. The molecule has 0 unspecified atom stereocenters. The SMILES string of the molecule is Cc1ccc2c(=O)c(C(=O)N3CCCC3)cn(CC(=O)Nc3cccc(Cl)c3C)c2n1. The topological polar surface area (TPSA) is 84.3 Å². The first-order valence-corrected chi connectivity index (χ1v) is 10.6. The molecule has 7 nitrogen and oxygen atoms in total. The normalized spacial score (nSPS) is 13.6. The molecule has 1 aliphatic rings. The lowest BCUT2D eigenvalue weighted by atomic mass is 10.1. The van der Waals surface area contributed by atoms with Crippen molar-refractivity contribution in [3.8, 4) is 0 Å². The number of nitrogens with zero attached hydrogens (tertiary/aromatic N) is 3. The number of amides is 2. The standard InChI is InChI=1S/C23H23ClN4O3/c1-14-8-9-16-21(30)17(23(31)27-10-3-4-11-27)12-28(22(16)25-14)13-20(29)26-19-7-5-6-18(24)15(19)2/h5-9,12H,3-4,10-11,13H2,1-2H3,(H,26,29). The fourth-order valence-corrected chi connectivity index (χ4v) is 3.99. The smallest absolute Gasteiger partial charge is 0.259 e. The summed E-state index contributed by atoms with van der Waals surface area (Å²) in [5.74, 6) is -0.608. The monoisotopic (exact) mass is 438 g/mol. The van der Waals surface area contributed by atoms with Gasteiger partial charge < -0.3 is 14.8 Å². The van der Waals surface area contributed by atoms with Crippen molar-refractivity contribution in [3.63, 3.8) is 0 Å². The van der Waals surface area contributed by atoms with E-state index in [1.54, 1.807) is 39.8 Å². The number of anilines is 1. The van der Waals surface area contributed by atoms with Crippen LogP contribution in [0.2, 0.25) is 5.02 Å². The van der Waals surface area contributed by atoms with Crippen LogP contribution in [-0.4, -0.2) is 39.4 Å². The number of aromatic nitrogens is 2. The lowest BCUT2D eigenvalue weighted by molar-refractivity contribution is -0.116. The molecule has 0 atom stereocenters. The summed E-state index contributed by atoms with van der Waals surface area (Å²) in [6.07, 6.45) is 3.31. The van der Waals surface area contributed by atoms with E-state index >= 15 is 0 Å². The molecule has 1 fully saturated rings. The number of hydrogen-bond acceptors (Lipinski definition) is 4. The molecule has 1 saturated heterocycles. The maximum Gasteiger partial charge on any atom is 0.259 e. The molecule has 0 bridgehead atoms. The van der Waals surface area contributed by atoms with E-state index in [0.29, 0.717) is 40.5 Å². The number of carbonyl (C=O) groups is 2. The Balaban J connectivity index is 1.73. The second kappa shape index (κ2) is 8.51. The highest BCUT2D eigenvalue weighted by Crippen LogP contribution is 2.23. The van der Waals surface area contributed by atoms with Crippen LogP contribution in [0.3, 0.4) is 0 Å². The minimum absolute atomic E-state index is 0.0618. The van der Waals surface area contributed by atoms with Crippen molar-refractivity contribution in [3.05, 3.63) is 68.6 Å². The summed E-state index contributed by atoms with van der Waals surface area (Å²) in [5.41, 5.74) is 2.17. The lowest BCUT2D eigenvalue weighted by Crippen LogP contribution is -2.33. The van der Waals surface area contributed by atoms with Gasteiger partial charge in [-0.05, 0) is 56.5 Å². The Morgan fingerprint density at radius 3 is 2.61 bits per heavy atom. The average Bonchev–Trinajstić information content (AvgIpc) is 3.28. The van der Waals surface area contributed by atoms with E-state index in [1.807, 2.05) is 13.8 Å². The van der Waals surface area contributed by atoms with Gasteiger partial charge in [0.05, 0.1) is 5.39 Å². The van der Waals surface area contributed by atoms with Crippen molar-refractivity contribution in [2.75, 3.05) is 18.4 Å². The van der Waals surface area contributed by atoms with Gasteiger partial charge in [0.25, 0.3) is 5.91 Å². The van der Waals surface area contributed by atoms with Gasteiger partial charge in [-0.2, -0.15) is 0 Å². The van der Waals surface area contributed by atoms with Crippen molar-refractivity contribution >= 4 is 40.1 Å². The zero-order valence-corrected chi connectivity index (χ0v) is 18.2. The second-order valence-corrected chi connectivity index (χ2v) is 8.19. The van der Waals surface area contributed by atoms with Gasteiger partial charge in [0.2, 0.25) is 11.3 Å². The van der Waals surface area contributed by atoms with Gasteiger partial charge in [-0.1, -0.05) is 17.7 Å². The van der Waals surface area contributed by atoms with Gasteiger partial charge in [0.15, 0.2) is 0 Å². The van der Waals surface area contributed by atoms with E-state index in [9.17, 15) is 14.4 Å². The second-order valence-electron chi connectivity index (χ2n) is 7.78. The van der Waals surface area contributed by atoms with Crippen molar-refractivity contribution in [2.24, 2.45) is 0 Å². The Bertz CT molecular complexity index is 1250. The summed E-state index contributed by atoms with van der Waals surface area (Å²) < 4.78 is 1.57. The predicted octanol–water partition coefficient (Wildman–Crippen LogP) is 3.54. The molecule has 3 heterocycles. The van der Waals surface area contributed by atoms with Gasteiger partial charge in [0.1, 0.15) is 17.8 Å². The molecule has 1 aliphatic heterocycles. The quantitative estimate of drug-likeness (QED) is 0.675. The first kappa shape index (κ1) is 21.1. The third-order valence-electron chi connectivity index (χ3n) is 5.54. The van der Waals surface area contributed by atoms with Gasteiger partial charge in [-0.15, -0.1) is 0 Å². The average molecular weight is 439 g/mol. The highest BCUT2D eigenvalue weighted by Gasteiger charge is 2.24. The summed E-state index contributed by atoms with van der Waals surface area (Å²) in [5, 5.41) is 3.73. The van der Waals surface area contributed by atoms with Crippen molar-refractivity contribution in [1.29, 1.82) is 0 Å². The molecule has 1 aromatic carbocycles. The molecule has 160 valence electrons. The van der Waals surface area contributed by atoms with Crippen LogP contribution in [0.4, 0.5) is 5.69 Å². The van der Waals surface area contributed by atoms with Crippen LogP contribution < -0.4 is 10.7 Å². The predicted molar refractivity (Wildman–Crippen MR) is 121 cm³/mol. The largest absolute Gasteiger partial charge is 0.338 e. The Kier molecular flexibility index (Phi) is 5.78. The molecular formula is C23H23ClN4O3. The van der Waals surface area contributed by atoms with E-state index < -0.39 is 0 Å². The molecule has 8 heteroatoms. The molecule has 4 rings (SSSR count). The molecule has 0 spiro atoms. The van der Waals surface area contributed by atoms with E-state index in [1.165, 1.54) is 6.20 Å². The Morgan fingerprint density at radius 1 is 1.13 bits per heavy atom. The minimum atomic E-state index is -0.359. The first-order chi connectivity index (χ1) is 14.8. The highest BCUT2D eigenvalue weighted by atomic mass is 35.5. The molecule has 0 saturated carbocycles. The van der Waals surface area contributed by atoms with E-state index in [2.05, 4.69) is 10.3 Å². The first-order valence-electron chi connectivity index (χ1n) is 10.2. The van der Waals surface area contributed by atoms with Crippen molar-refractivity contribution in [2.45, 2.75) is 33.2 Å². The lowest BCUT2D eigenvalue weighted by Gasteiger charge is -2.18. The number of aryl methyl sites for hydroxylation is 1. The Morgan fingerprint density at radius 2 is 1.87 bits per heavy atom. The number of fused-ring (bicyclic) bond motifs is 1. The van der Waals surface area contributed by atoms with Crippen molar-refractivity contribution < 1.29 is 9.59 Å². The number of carbonyl (C=O) groups excluding carboxylic acids is 2. The summed E-state index contributed by atoms with van der Waals surface area (Å²) in [6, 6.07) is 8.68. The molecule has 0 radical (unpaired) electrons. The van der Waals surface area contributed by atoms with E-state index in [-0.39, 0.29) is 29.4 Å². The van der Waals surface area contributed by atoms with Crippen LogP contribution in [0.5, 0.6) is 0 Å². The van der Waals surface area contributed by atoms with Crippen molar-refractivity contribution in [1.82, 2.24) is 14.5 Å². The number of rotatable bonds is 4. The van der Waals surface area contributed by atoms with Crippen LogP contribution in [0.25, 0.3) is 11.0 Å². The maximum atomic E-state index is 13.0. The third-order valence-corrected chi connectivity index (χ3v) is 5.95. The number of nitrogens with one attached hydrogen (secondary N) is 1. The molecular weight excluding hydrogens is 416 g/mol. The maximum absolute atomic E-state index is 13.0. The van der Waals surface area contributed by atoms with Crippen LogP contribution in [0.1, 0.15) is 34.5 Å². The summed E-state index contributed by atoms with van der Waals surface area (Å²) in [4.78, 5) is 45.0. The van der Waals surface area contributed by atoms with E-state index in [0.717, 1.165) is 18.4 Å². The van der Waals surface area contributed by atoms with Crippen LogP contribution in [0.15, 0.2) is 41.3 Å². The van der Waals surface area contributed by atoms with Crippen LogP contribution in [0, 0.1) is 13.8 Å². The molecule has 0 aliphatic carbocycles. The van der Waals surface area contributed by atoms with E-state index in [4.69, 9.17) is 11.6 Å². The zero-order valence-electron chi connectivity index (χ0n) is 17.4. The fourth-order valence-electron chi connectivity index (χ4n) is 3.81. The summed E-state index contributed by atoms with van der Waals surface area (Å²) >= 11 is 6.14. The summed E-state index contributed by atoms with van der Waals surface area (Å²) in [6.45, 7) is 4.81. The molecule has 31 heavy (non-hydrogen) atoms. The fraction of sp³-hybridized carbons (Fsp3) is 0.304. The van der Waals surface area contributed by atoms with Gasteiger partial charge in [0, 0.05) is 35.7 Å².